The van der Waals surface area contributed by atoms with Crippen LogP contribution < -0.4 is 10.2 Å². The van der Waals surface area contributed by atoms with Crippen molar-refractivity contribution in [1.82, 2.24) is 0 Å². The summed E-state index contributed by atoms with van der Waals surface area (Å²) in [5, 5.41) is 2.89. The molecule has 2 aromatic carbocycles. The lowest BCUT2D eigenvalue weighted by Gasteiger charge is -2.29. The lowest BCUT2D eigenvalue weighted by atomic mass is 9.87. The third-order valence-corrected chi connectivity index (χ3v) is 5.06. The fourth-order valence-electron chi connectivity index (χ4n) is 3.43. The molecule has 2 aromatic rings. The number of fused-ring (bicyclic) bond motifs is 1. The molecule has 1 aliphatic heterocycles. The first-order valence-corrected chi connectivity index (χ1v) is 9.75. The van der Waals surface area contributed by atoms with Crippen LogP contribution in [0.4, 0.5) is 11.4 Å². The second kappa shape index (κ2) is 8.01. The number of hydrogen-bond donors (Lipinski definition) is 1. The molecule has 0 aliphatic carbocycles. The summed E-state index contributed by atoms with van der Waals surface area (Å²) in [7, 11) is 0. The zero-order chi connectivity index (χ0) is 20.3. The van der Waals surface area contributed by atoms with Gasteiger partial charge in [-0.15, -0.1) is 0 Å². The Morgan fingerprint density at radius 3 is 2.43 bits per heavy atom. The van der Waals surface area contributed by atoms with Gasteiger partial charge >= 0.3 is 0 Å². The van der Waals surface area contributed by atoms with E-state index in [1.54, 1.807) is 11.8 Å². The summed E-state index contributed by atoms with van der Waals surface area (Å²) in [6.45, 7) is 8.84. The molecule has 0 saturated carbocycles. The second-order valence-electron chi connectivity index (χ2n) is 8.31. The van der Waals surface area contributed by atoms with Gasteiger partial charge in [0.1, 0.15) is 0 Å². The zero-order valence-corrected chi connectivity index (χ0v) is 17.1. The molecule has 28 heavy (non-hydrogen) atoms. The van der Waals surface area contributed by atoms with Gasteiger partial charge in [-0.2, -0.15) is 0 Å². The van der Waals surface area contributed by atoms with Crippen LogP contribution in [0.15, 0.2) is 48.5 Å². The van der Waals surface area contributed by atoms with Gasteiger partial charge in [0.15, 0.2) is 0 Å². The second-order valence-corrected chi connectivity index (χ2v) is 8.31. The minimum absolute atomic E-state index is 0.0306. The lowest BCUT2D eigenvalue weighted by Crippen LogP contribution is -2.33. The molecule has 0 saturated heterocycles. The van der Waals surface area contributed by atoms with Crippen molar-refractivity contribution in [3.63, 3.8) is 0 Å². The number of hydrogen-bond acceptors (Lipinski definition) is 2. The van der Waals surface area contributed by atoms with Crippen LogP contribution >= 0.6 is 0 Å². The van der Waals surface area contributed by atoms with E-state index in [9.17, 15) is 9.59 Å². The summed E-state index contributed by atoms with van der Waals surface area (Å²) in [4.78, 5) is 26.0. The number of anilines is 2. The predicted molar refractivity (Wildman–Crippen MR) is 116 cm³/mol. The van der Waals surface area contributed by atoms with Crippen molar-refractivity contribution in [1.29, 1.82) is 0 Å². The molecule has 0 radical (unpaired) electrons. The van der Waals surface area contributed by atoms with E-state index in [1.807, 2.05) is 36.4 Å². The van der Waals surface area contributed by atoms with Gasteiger partial charge in [0.25, 0.3) is 0 Å². The monoisotopic (exact) mass is 376 g/mol. The Morgan fingerprint density at radius 1 is 1.07 bits per heavy atom. The first-order chi connectivity index (χ1) is 13.2. The quantitative estimate of drug-likeness (QED) is 0.772. The van der Waals surface area contributed by atoms with Gasteiger partial charge in [-0.3, -0.25) is 9.59 Å². The molecule has 146 valence electrons. The minimum atomic E-state index is -0.190. The molecule has 4 heteroatoms. The van der Waals surface area contributed by atoms with Crippen LogP contribution in [0.25, 0.3) is 6.08 Å². The average Bonchev–Trinajstić information content (AvgIpc) is 2.65. The number of rotatable bonds is 3. The van der Waals surface area contributed by atoms with Crippen LogP contribution in [0.5, 0.6) is 0 Å². The Morgan fingerprint density at radius 2 is 1.79 bits per heavy atom. The molecular weight excluding hydrogens is 348 g/mol. The van der Waals surface area contributed by atoms with Crippen LogP contribution in [0.1, 0.15) is 50.8 Å². The van der Waals surface area contributed by atoms with E-state index in [0.29, 0.717) is 5.69 Å². The number of carbonyl (C=O) groups is 2. The summed E-state index contributed by atoms with van der Waals surface area (Å²) in [6.07, 6.45) is 5.27. The van der Waals surface area contributed by atoms with E-state index in [0.717, 1.165) is 36.2 Å². The van der Waals surface area contributed by atoms with Crippen LogP contribution in [0, 0.1) is 0 Å². The molecule has 0 unspecified atom stereocenters. The topological polar surface area (TPSA) is 49.4 Å². The molecule has 0 fully saturated rings. The number of nitrogens with zero attached hydrogens (tertiary/aromatic N) is 1. The van der Waals surface area contributed by atoms with E-state index in [-0.39, 0.29) is 17.2 Å². The lowest BCUT2D eigenvalue weighted by molar-refractivity contribution is -0.116. The highest BCUT2D eigenvalue weighted by molar-refractivity contribution is 6.02. The summed E-state index contributed by atoms with van der Waals surface area (Å²) >= 11 is 0. The summed E-state index contributed by atoms with van der Waals surface area (Å²) in [6, 6.07) is 14.0. The van der Waals surface area contributed by atoms with Crippen molar-refractivity contribution in [3.8, 4) is 0 Å². The van der Waals surface area contributed by atoms with E-state index < -0.39 is 0 Å². The van der Waals surface area contributed by atoms with Gasteiger partial charge in [0.05, 0.1) is 0 Å². The maximum absolute atomic E-state index is 12.3. The molecule has 1 heterocycles. The maximum atomic E-state index is 12.3. The van der Waals surface area contributed by atoms with Crippen molar-refractivity contribution in [2.45, 2.75) is 46.0 Å². The molecule has 4 nitrogen and oxygen atoms in total. The fourth-order valence-corrected chi connectivity index (χ4v) is 3.43. The van der Waals surface area contributed by atoms with Crippen LogP contribution in [0.3, 0.4) is 0 Å². The highest BCUT2D eigenvalue weighted by Gasteiger charge is 2.20. The van der Waals surface area contributed by atoms with E-state index >= 15 is 0 Å². The number of benzene rings is 2. The smallest absolute Gasteiger partial charge is 0.248 e. The Labute approximate surface area is 167 Å². The summed E-state index contributed by atoms with van der Waals surface area (Å²) in [5.41, 5.74) is 5.10. The summed E-state index contributed by atoms with van der Waals surface area (Å²) < 4.78 is 0. The Balaban J connectivity index is 1.69. The van der Waals surface area contributed by atoms with E-state index in [2.05, 4.69) is 38.2 Å². The Bertz CT molecular complexity index is 905. The van der Waals surface area contributed by atoms with Crippen molar-refractivity contribution in [2.75, 3.05) is 16.8 Å². The Hall–Kier alpha value is -2.88. The van der Waals surface area contributed by atoms with Crippen molar-refractivity contribution >= 4 is 29.3 Å². The average molecular weight is 377 g/mol. The molecule has 0 atom stereocenters. The number of carbonyl (C=O) groups excluding carboxylic acids is 2. The van der Waals surface area contributed by atoms with Crippen LogP contribution in [-0.4, -0.2) is 18.4 Å². The van der Waals surface area contributed by atoms with Gasteiger partial charge in [-0.1, -0.05) is 51.1 Å². The van der Waals surface area contributed by atoms with Gasteiger partial charge < -0.3 is 10.2 Å². The SMILES string of the molecule is CC(=O)N1CCCc2ccc(NC(=O)/C=C/c3ccc(C(C)(C)C)cc3)cc21. The fraction of sp³-hybridized carbons (Fsp3) is 0.333. The van der Waals surface area contributed by atoms with Crippen LogP contribution in [0.2, 0.25) is 0 Å². The standard InChI is InChI=1S/C24H28N2O2/c1-17(27)26-15-5-6-19-10-13-21(16-22(19)26)25-23(28)14-9-18-7-11-20(12-8-18)24(2,3)4/h7-14,16H,5-6,15H2,1-4H3,(H,25,28)/b14-9+. The largest absolute Gasteiger partial charge is 0.322 e. The van der Waals surface area contributed by atoms with Gasteiger partial charge in [-0.25, -0.2) is 0 Å². The number of aryl methyl sites for hydroxylation is 1. The molecular formula is C24H28N2O2. The molecule has 2 amide bonds. The van der Waals surface area contributed by atoms with Crippen molar-refractivity contribution in [2.24, 2.45) is 0 Å². The molecule has 1 N–H and O–H groups in total. The summed E-state index contributed by atoms with van der Waals surface area (Å²) in [5.74, 6) is -0.159. The van der Waals surface area contributed by atoms with Gasteiger partial charge in [0, 0.05) is 30.9 Å². The van der Waals surface area contributed by atoms with E-state index in [1.165, 1.54) is 11.6 Å². The van der Waals surface area contributed by atoms with E-state index in [4.69, 9.17) is 0 Å². The first kappa shape index (κ1) is 19.9. The molecule has 0 bridgehead atoms. The molecule has 0 spiro atoms. The highest BCUT2D eigenvalue weighted by atomic mass is 16.2. The van der Waals surface area contributed by atoms with Crippen molar-refractivity contribution < 1.29 is 9.59 Å². The van der Waals surface area contributed by atoms with Gasteiger partial charge in [-0.05, 0) is 53.2 Å². The zero-order valence-electron chi connectivity index (χ0n) is 17.1. The van der Waals surface area contributed by atoms with Crippen LogP contribution in [-0.2, 0) is 21.4 Å². The predicted octanol–water partition coefficient (Wildman–Crippen LogP) is 4.94. The molecule has 3 rings (SSSR count). The normalized spacial score (nSPS) is 14.1. The van der Waals surface area contributed by atoms with Gasteiger partial charge in [0.2, 0.25) is 11.8 Å². The number of amides is 2. The third kappa shape index (κ3) is 4.69. The number of nitrogens with one attached hydrogen (secondary N) is 1. The molecule has 0 aromatic heterocycles. The maximum Gasteiger partial charge on any atom is 0.248 e. The third-order valence-electron chi connectivity index (χ3n) is 5.06. The highest BCUT2D eigenvalue weighted by Crippen LogP contribution is 2.30. The first-order valence-electron chi connectivity index (χ1n) is 9.75. The Kier molecular flexibility index (Phi) is 5.68. The minimum Gasteiger partial charge on any atom is -0.322 e. The molecule has 1 aliphatic rings. The van der Waals surface area contributed by atoms with Crippen molar-refractivity contribution in [3.05, 3.63) is 65.2 Å².